The van der Waals surface area contributed by atoms with Gasteiger partial charge in [0.2, 0.25) is 0 Å². The SMILES string of the molecule is CC1(C)c2ccccc2-c2c(-c3ccc(N(c4ccc(-c5cccc(-c6ccccc6)c5)cc4)c4cccc(-c5ccc(-c6cccc7ccccc67)cc5)c4)cc3)cccc21. The quantitative estimate of drug-likeness (QED) is 0.148. The number of rotatable bonds is 8. The molecule has 11 rings (SSSR count). The molecule has 10 aromatic rings. The van der Waals surface area contributed by atoms with Gasteiger partial charge in [0, 0.05) is 22.5 Å². The monoisotopic (exact) mass is 791 g/mol. The fourth-order valence-corrected chi connectivity index (χ4v) is 9.69. The van der Waals surface area contributed by atoms with Crippen LogP contribution in [0.15, 0.2) is 237 Å². The van der Waals surface area contributed by atoms with Gasteiger partial charge in [0.1, 0.15) is 0 Å². The summed E-state index contributed by atoms with van der Waals surface area (Å²) in [5.74, 6) is 0. The lowest BCUT2D eigenvalue weighted by molar-refractivity contribution is 0.660. The number of anilines is 3. The summed E-state index contributed by atoms with van der Waals surface area (Å²) in [5.41, 5.74) is 20.8. The topological polar surface area (TPSA) is 3.24 Å². The molecule has 1 aliphatic rings. The van der Waals surface area contributed by atoms with Crippen LogP contribution in [0.4, 0.5) is 17.1 Å². The van der Waals surface area contributed by atoms with Crippen LogP contribution in [0.3, 0.4) is 0 Å². The van der Waals surface area contributed by atoms with Crippen LogP contribution in [-0.4, -0.2) is 0 Å². The summed E-state index contributed by atoms with van der Waals surface area (Å²) in [5, 5.41) is 2.53. The van der Waals surface area contributed by atoms with Crippen LogP contribution in [-0.2, 0) is 5.41 Å². The first-order chi connectivity index (χ1) is 30.5. The maximum Gasteiger partial charge on any atom is 0.0467 e. The summed E-state index contributed by atoms with van der Waals surface area (Å²) in [6.45, 7) is 4.70. The lowest BCUT2D eigenvalue weighted by Gasteiger charge is -2.26. The van der Waals surface area contributed by atoms with E-state index in [2.05, 4.69) is 255 Å². The summed E-state index contributed by atoms with van der Waals surface area (Å²) in [6, 6.07) is 86.5. The molecular formula is C61H45N. The second kappa shape index (κ2) is 15.4. The first-order valence-corrected chi connectivity index (χ1v) is 21.6. The fourth-order valence-electron chi connectivity index (χ4n) is 9.69. The van der Waals surface area contributed by atoms with E-state index in [1.807, 2.05) is 0 Å². The van der Waals surface area contributed by atoms with Gasteiger partial charge < -0.3 is 4.90 Å². The summed E-state index contributed by atoms with van der Waals surface area (Å²) in [4.78, 5) is 2.38. The van der Waals surface area contributed by atoms with Gasteiger partial charge in [-0.1, -0.05) is 208 Å². The van der Waals surface area contributed by atoms with Crippen LogP contribution >= 0.6 is 0 Å². The Bertz CT molecular complexity index is 3220. The molecular weight excluding hydrogens is 747 g/mol. The van der Waals surface area contributed by atoms with Crippen LogP contribution in [0.1, 0.15) is 25.0 Å². The molecule has 1 nitrogen and oxygen atoms in total. The van der Waals surface area contributed by atoms with Gasteiger partial charge in [-0.3, -0.25) is 0 Å². The van der Waals surface area contributed by atoms with Gasteiger partial charge in [0.25, 0.3) is 0 Å². The zero-order chi connectivity index (χ0) is 41.6. The van der Waals surface area contributed by atoms with Crippen molar-refractivity contribution in [3.8, 4) is 66.8 Å². The molecule has 10 aromatic carbocycles. The molecule has 0 N–H and O–H groups in total. The van der Waals surface area contributed by atoms with Gasteiger partial charge in [-0.2, -0.15) is 0 Å². The van der Waals surface area contributed by atoms with Crippen molar-refractivity contribution in [1.82, 2.24) is 0 Å². The second-order valence-corrected chi connectivity index (χ2v) is 16.9. The maximum absolute atomic E-state index is 2.38. The molecule has 0 atom stereocenters. The van der Waals surface area contributed by atoms with Crippen molar-refractivity contribution in [1.29, 1.82) is 0 Å². The Morgan fingerprint density at radius 1 is 0.290 bits per heavy atom. The highest BCUT2D eigenvalue weighted by atomic mass is 15.1. The van der Waals surface area contributed by atoms with E-state index in [0.717, 1.165) is 17.1 Å². The van der Waals surface area contributed by atoms with Gasteiger partial charge in [0.05, 0.1) is 0 Å². The zero-order valence-corrected chi connectivity index (χ0v) is 35.0. The minimum Gasteiger partial charge on any atom is -0.310 e. The summed E-state index contributed by atoms with van der Waals surface area (Å²) in [6.07, 6.45) is 0. The summed E-state index contributed by atoms with van der Waals surface area (Å²) >= 11 is 0. The lowest BCUT2D eigenvalue weighted by atomic mass is 9.82. The Kier molecular flexibility index (Phi) is 9.24. The normalized spacial score (nSPS) is 12.5. The number of hydrogen-bond acceptors (Lipinski definition) is 1. The van der Waals surface area contributed by atoms with E-state index in [1.54, 1.807) is 0 Å². The third-order valence-electron chi connectivity index (χ3n) is 12.9. The average molecular weight is 792 g/mol. The van der Waals surface area contributed by atoms with E-state index in [-0.39, 0.29) is 5.41 Å². The number of hydrogen-bond donors (Lipinski definition) is 0. The molecule has 0 bridgehead atoms. The zero-order valence-electron chi connectivity index (χ0n) is 35.0. The van der Waals surface area contributed by atoms with E-state index in [4.69, 9.17) is 0 Å². The van der Waals surface area contributed by atoms with E-state index >= 15 is 0 Å². The third kappa shape index (κ3) is 6.60. The van der Waals surface area contributed by atoms with E-state index in [0.29, 0.717) is 0 Å². The first kappa shape index (κ1) is 37.3. The summed E-state index contributed by atoms with van der Waals surface area (Å²) in [7, 11) is 0. The highest BCUT2D eigenvalue weighted by Crippen LogP contribution is 2.52. The largest absolute Gasteiger partial charge is 0.310 e. The van der Waals surface area contributed by atoms with Gasteiger partial charge >= 0.3 is 0 Å². The Morgan fingerprint density at radius 3 is 1.48 bits per heavy atom. The molecule has 0 spiro atoms. The van der Waals surface area contributed by atoms with Gasteiger partial charge in [-0.15, -0.1) is 0 Å². The maximum atomic E-state index is 2.38. The first-order valence-electron chi connectivity index (χ1n) is 21.6. The molecule has 0 aromatic heterocycles. The van der Waals surface area contributed by atoms with E-state index < -0.39 is 0 Å². The number of nitrogens with zero attached hydrogens (tertiary/aromatic N) is 1. The molecule has 1 heteroatoms. The average Bonchev–Trinajstić information content (AvgIpc) is 3.58. The third-order valence-corrected chi connectivity index (χ3v) is 12.9. The molecule has 0 saturated heterocycles. The van der Waals surface area contributed by atoms with Crippen molar-refractivity contribution in [3.05, 3.63) is 248 Å². The molecule has 0 amide bonds. The Balaban J connectivity index is 0.975. The lowest BCUT2D eigenvalue weighted by Crippen LogP contribution is -2.14. The Labute approximate surface area is 364 Å². The van der Waals surface area contributed by atoms with Crippen molar-refractivity contribution in [2.24, 2.45) is 0 Å². The number of benzene rings is 10. The van der Waals surface area contributed by atoms with Gasteiger partial charge in [-0.25, -0.2) is 0 Å². The molecule has 0 radical (unpaired) electrons. The highest BCUT2D eigenvalue weighted by molar-refractivity contribution is 5.97. The molecule has 294 valence electrons. The minimum absolute atomic E-state index is 0.0467. The highest BCUT2D eigenvalue weighted by Gasteiger charge is 2.36. The van der Waals surface area contributed by atoms with Gasteiger partial charge in [0.15, 0.2) is 0 Å². The van der Waals surface area contributed by atoms with Crippen molar-refractivity contribution in [2.75, 3.05) is 4.90 Å². The van der Waals surface area contributed by atoms with Crippen molar-refractivity contribution in [3.63, 3.8) is 0 Å². The fraction of sp³-hybridized carbons (Fsp3) is 0.0492. The molecule has 0 fully saturated rings. The molecule has 0 saturated carbocycles. The molecule has 0 unspecified atom stereocenters. The Morgan fingerprint density at radius 2 is 0.742 bits per heavy atom. The molecule has 0 heterocycles. The van der Waals surface area contributed by atoms with Crippen molar-refractivity contribution >= 4 is 27.8 Å². The van der Waals surface area contributed by atoms with Gasteiger partial charge in [-0.05, 0) is 131 Å². The van der Waals surface area contributed by atoms with Crippen LogP contribution in [0, 0.1) is 0 Å². The van der Waals surface area contributed by atoms with Crippen LogP contribution in [0.2, 0.25) is 0 Å². The predicted molar refractivity (Wildman–Crippen MR) is 263 cm³/mol. The Hall–Kier alpha value is -7.74. The molecule has 0 aliphatic heterocycles. The van der Waals surface area contributed by atoms with Crippen molar-refractivity contribution in [2.45, 2.75) is 19.3 Å². The van der Waals surface area contributed by atoms with E-state index in [9.17, 15) is 0 Å². The summed E-state index contributed by atoms with van der Waals surface area (Å²) < 4.78 is 0. The molecule has 62 heavy (non-hydrogen) atoms. The smallest absolute Gasteiger partial charge is 0.0467 e. The predicted octanol–water partition coefficient (Wildman–Crippen LogP) is 17.0. The number of fused-ring (bicyclic) bond motifs is 4. The van der Waals surface area contributed by atoms with E-state index in [1.165, 1.54) is 88.7 Å². The van der Waals surface area contributed by atoms with Crippen LogP contribution in [0.5, 0.6) is 0 Å². The standard InChI is InChI=1S/C61H45N/c1-61(2)58-26-9-8-23-57(58)60-56(25-13-27-59(60)61)47-34-38-52(39-35-47)62(51-36-32-44(33-37-51)49-19-10-18-48(40-49)42-14-4-3-5-15-42)53-21-11-20-50(41-53)43-28-30-46(31-29-43)55-24-12-17-45-16-6-7-22-54(45)55/h3-41H,1-2H3. The molecule has 1 aliphatic carbocycles. The van der Waals surface area contributed by atoms with Crippen LogP contribution < -0.4 is 4.90 Å². The van der Waals surface area contributed by atoms with Crippen LogP contribution in [0.25, 0.3) is 77.5 Å². The van der Waals surface area contributed by atoms with Crippen molar-refractivity contribution < 1.29 is 0 Å². The minimum atomic E-state index is -0.0467. The second-order valence-electron chi connectivity index (χ2n) is 16.9.